The summed E-state index contributed by atoms with van der Waals surface area (Å²) < 4.78 is 5.89. The molecule has 170 valence electrons. The number of thioether (sulfide) groups is 1. The van der Waals surface area contributed by atoms with Crippen molar-refractivity contribution in [2.24, 2.45) is 0 Å². The molecule has 0 aromatic heterocycles. The molecule has 0 spiro atoms. The lowest BCUT2D eigenvalue weighted by Crippen LogP contribution is -2.37. The van der Waals surface area contributed by atoms with Gasteiger partial charge in [-0.15, -0.1) is 11.8 Å². The SMILES string of the molecule is C=CCOC(=O)N1C[C@@H](SC(c2ccccc2)(c2ccccc2)c2ccccc2)C[C@H]1CI. The predicted octanol–water partition coefficient (Wildman–Crippen LogP) is 6.91. The van der Waals surface area contributed by atoms with Gasteiger partial charge in [-0.3, -0.25) is 0 Å². The fourth-order valence-electron chi connectivity index (χ4n) is 4.51. The molecule has 1 fully saturated rings. The van der Waals surface area contributed by atoms with Gasteiger partial charge in [0, 0.05) is 22.3 Å². The molecule has 0 radical (unpaired) electrons. The van der Waals surface area contributed by atoms with Gasteiger partial charge in [-0.25, -0.2) is 4.79 Å². The quantitative estimate of drug-likeness (QED) is 0.128. The van der Waals surface area contributed by atoms with E-state index in [-0.39, 0.29) is 28.7 Å². The average molecular weight is 570 g/mol. The number of likely N-dealkylation sites (tertiary alicyclic amines) is 1. The van der Waals surface area contributed by atoms with Crippen molar-refractivity contribution < 1.29 is 9.53 Å². The number of alkyl halides is 1. The van der Waals surface area contributed by atoms with E-state index in [1.807, 2.05) is 16.7 Å². The van der Waals surface area contributed by atoms with Crippen LogP contribution in [0.3, 0.4) is 0 Å². The summed E-state index contributed by atoms with van der Waals surface area (Å²) in [6.07, 6.45) is 2.31. The minimum Gasteiger partial charge on any atom is -0.445 e. The normalized spacial score (nSPS) is 18.2. The van der Waals surface area contributed by atoms with Crippen LogP contribution in [0.15, 0.2) is 104 Å². The fraction of sp³-hybridized carbons (Fsp3) is 0.250. The molecule has 0 N–H and O–H groups in total. The lowest BCUT2D eigenvalue weighted by Gasteiger charge is -2.37. The van der Waals surface area contributed by atoms with Crippen LogP contribution in [-0.2, 0) is 9.48 Å². The van der Waals surface area contributed by atoms with E-state index < -0.39 is 0 Å². The third-order valence-corrected chi connectivity index (χ3v) is 8.75. The first-order valence-electron chi connectivity index (χ1n) is 11.1. The van der Waals surface area contributed by atoms with E-state index in [4.69, 9.17) is 4.74 Å². The van der Waals surface area contributed by atoms with E-state index >= 15 is 0 Å². The van der Waals surface area contributed by atoms with Gasteiger partial charge < -0.3 is 9.64 Å². The van der Waals surface area contributed by atoms with Crippen molar-refractivity contribution in [1.29, 1.82) is 0 Å². The van der Waals surface area contributed by atoms with Crippen molar-refractivity contribution in [3.8, 4) is 0 Å². The zero-order chi connectivity index (χ0) is 23.1. The second kappa shape index (κ2) is 11.3. The second-order valence-electron chi connectivity index (χ2n) is 8.08. The van der Waals surface area contributed by atoms with Gasteiger partial charge >= 0.3 is 6.09 Å². The van der Waals surface area contributed by atoms with Crippen molar-refractivity contribution in [1.82, 2.24) is 4.90 Å². The highest BCUT2D eigenvalue weighted by molar-refractivity contribution is 14.1. The molecule has 1 aliphatic heterocycles. The van der Waals surface area contributed by atoms with Crippen molar-refractivity contribution in [3.63, 3.8) is 0 Å². The van der Waals surface area contributed by atoms with Crippen LogP contribution in [0.4, 0.5) is 4.79 Å². The first-order chi connectivity index (χ1) is 16.2. The molecule has 3 aromatic carbocycles. The first-order valence-corrected chi connectivity index (χ1v) is 13.5. The Bertz CT molecular complexity index is 949. The molecule has 1 amide bonds. The smallest absolute Gasteiger partial charge is 0.410 e. The Morgan fingerprint density at radius 3 is 1.88 bits per heavy atom. The third-order valence-electron chi connectivity index (χ3n) is 6.00. The second-order valence-corrected chi connectivity index (χ2v) is 10.5. The molecule has 0 aliphatic carbocycles. The topological polar surface area (TPSA) is 29.5 Å². The van der Waals surface area contributed by atoms with Crippen LogP contribution < -0.4 is 0 Å². The van der Waals surface area contributed by atoms with E-state index in [0.717, 1.165) is 10.8 Å². The van der Waals surface area contributed by atoms with Crippen LogP contribution in [-0.4, -0.2) is 39.9 Å². The maximum atomic E-state index is 12.7. The van der Waals surface area contributed by atoms with Crippen LogP contribution in [0.5, 0.6) is 0 Å². The molecule has 0 bridgehead atoms. The minimum absolute atomic E-state index is 0.167. The number of hydrogen-bond donors (Lipinski definition) is 0. The van der Waals surface area contributed by atoms with Crippen LogP contribution in [0.1, 0.15) is 23.1 Å². The molecule has 0 saturated carbocycles. The standard InChI is InChI=1S/C28H28INO2S/c1-2-18-32-27(31)30-21-26(19-25(30)20-29)33-28(22-12-6-3-7-13-22,23-14-8-4-9-15-23)24-16-10-5-11-17-24/h2-17,25-26H,1,18-21H2/t25-,26-/m0/s1. The number of halogens is 1. The van der Waals surface area contributed by atoms with Crippen molar-refractivity contribution in [2.45, 2.75) is 22.5 Å². The van der Waals surface area contributed by atoms with Gasteiger partial charge in [0.1, 0.15) is 6.61 Å². The zero-order valence-electron chi connectivity index (χ0n) is 18.5. The highest BCUT2D eigenvalue weighted by Gasteiger charge is 2.44. The number of rotatable bonds is 8. The molecule has 5 heteroatoms. The maximum Gasteiger partial charge on any atom is 0.410 e. The van der Waals surface area contributed by atoms with Crippen LogP contribution in [0.2, 0.25) is 0 Å². The number of nitrogens with zero attached hydrogens (tertiary/aromatic N) is 1. The summed E-state index contributed by atoms with van der Waals surface area (Å²) in [6.45, 7) is 4.57. The minimum atomic E-state index is -0.384. The summed E-state index contributed by atoms with van der Waals surface area (Å²) in [4.78, 5) is 14.6. The molecular weight excluding hydrogens is 541 g/mol. The van der Waals surface area contributed by atoms with Gasteiger partial charge in [-0.1, -0.05) is 126 Å². The molecule has 2 atom stereocenters. The number of hydrogen-bond acceptors (Lipinski definition) is 3. The van der Waals surface area contributed by atoms with Gasteiger partial charge in [-0.2, -0.15) is 0 Å². The van der Waals surface area contributed by atoms with E-state index in [1.165, 1.54) is 16.7 Å². The number of ether oxygens (including phenoxy) is 1. The molecule has 1 saturated heterocycles. The first kappa shape index (κ1) is 23.9. The molecular formula is C28H28INO2S. The molecule has 1 heterocycles. The largest absolute Gasteiger partial charge is 0.445 e. The van der Waals surface area contributed by atoms with E-state index in [9.17, 15) is 4.79 Å². The van der Waals surface area contributed by atoms with Crippen LogP contribution in [0, 0.1) is 0 Å². The third kappa shape index (κ3) is 5.14. The highest BCUT2D eigenvalue weighted by Crippen LogP contribution is 2.52. The summed E-state index contributed by atoms with van der Waals surface area (Å²) in [6, 6.07) is 32.3. The molecule has 33 heavy (non-hydrogen) atoms. The fourth-order valence-corrected chi connectivity index (χ4v) is 7.22. The van der Waals surface area contributed by atoms with Crippen LogP contribution >= 0.6 is 34.4 Å². The molecule has 1 aliphatic rings. The zero-order valence-corrected chi connectivity index (χ0v) is 21.5. The molecule has 3 aromatic rings. The Labute approximate surface area is 214 Å². The Morgan fingerprint density at radius 1 is 0.970 bits per heavy atom. The highest BCUT2D eigenvalue weighted by atomic mass is 127. The van der Waals surface area contributed by atoms with Gasteiger partial charge in [-0.05, 0) is 23.1 Å². The predicted molar refractivity (Wildman–Crippen MR) is 146 cm³/mol. The maximum absolute atomic E-state index is 12.7. The lowest BCUT2D eigenvalue weighted by molar-refractivity contribution is 0.111. The van der Waals surface area contributed by atoms with E-state index in [2.05, 4.69) is 120 Å². The van der Waals surface area contributed by atoms with Crippen molar-refractivity contribution in [3.05, 3.63) is 120 Å². The number of benzene rings is 3. The number of carbonyl (C=O) groups is 1. The van der Waals surface area contributed by atoms with Gasteiger partial charge in [0.05, 0.1) is 4.75 Å². The summed E-state index contributed by atoms with van der Waals surface area (Å²) in [5, 5.41) is 0.265. The van der Waals surface area contributed by atoms with E-state index in [0.29, 0.717) is 6.54 Å². The Balaban J connectivity index is 1.76. The Hall–Kier alpha value is -2.25. The van der Waals surface area contributed by atoms with Gasteiger partial charge in [0.2, 0.25) is 0 Å². The molecule has 3 nitrogen and oxygen atoms in total. The molecule has 4 rings (SSSR count). The number of carbonyl (C=O) groups excluding carboxylic acids is 1. The summed E-state index contributed by atoms with van der Waals surface area (Å²) in [5.74, 6) is 0. The Morgan fingerprint density at radius 2 is 1.45 bits per heavy atom. The summed E-state index contributed by atoms with van der Waals surface area (Å²) >= 11 is 4.33. The van der Waals surface area contributed by atoms with Crippen molar-refractivity contribution in [2.75, 3.05) is 17.6 Å². The lowest BCUT2D eigenvalue weighted by atomic mass is 9.84. The van der Waals surface area contributed by atoms with Crippen LogP contribution in [0.25, 0.3) is 0 Å². The monoisotopic (exact) mass is 569 g/mol. The van der Waals surface area contributed by atoms with Gasteiger partial charge in [0.25, 0.3) is 0 Å². The van der Waals surface area contributed by atoms with E-state index in [1.54, 1.807) is 6.08 Å². The summed E-state index contributed by atoms with van der Waals surface area (Å²) in [5.41, 5.74) is 3.73. The summed E-state index contributed by atoms with van der Waals surface area (Å²) in [7, 11) is 0. The average Bonchev–Trinajstić information content (AvgIpc) is 3.30. The van der Waals surface area contributed by atoms with Gasteiger partial charge in [0.15, 0.2) is 0 Å². The van der Waals surface area contributed by atoms with Crippen molar-refractivity contribution >= 4 is 40.4 Å². The Kier molecular flexibility index (Phi) is 8.15. The number of amides is 1. The molecule has 0 unspecified atom stereocenters.